The average molecular weight is 1480 g/mol. The molecule has 0 aliphatic carbocycles. The normalized spacial score (nSPS) is 16.2. The molecule has 0 bridgehead atoms. The fourth-order valence-corrected chi connectivity index (χ4v) is 16.5. The summed E-state index contributed by atoms with van der Waals surface area (Å²) >= 11 is 0. The van der Waals surface area contributed by atoms with Gasteiger partial charge in [-0.2, -0.15) is 16.7 Å². The van der Waals surface area contributed by atoms with Crippen molar-refractivity contribution in [3.8, 4) is 84.3 Å². The molecule has 1 aliphatic heterocycles. The number of nitrogens with zero attached hydrogens (tertiary/aromatic N) is 4. The van der Waals surface area contributed by atoms with Gasteiger partial charge in [0.1, 0.15) is 11.5 Å². The van der Waals surface area contributed by atoms with E-state index in [1.165, 1.54) is 18.2 Å². The molecule has 12 aromatic carbocycles. The molecule has 0 spiro atoms. The summed E-state index contributed by atoms with van der Waals surface area (Å²) in [5.41, 5.74) is 0.334. The molecule has 3 aromatic heterocycles. The maximum Gasteiger partial charge on any atom is 0.253 e. The number of rotatable bonds is 10. The van der Waals surface area contributed by atoms with Crippen molar-refractivity contribution in [2.75, 3.05) is 0 Å². The minimum absolute atomic E-state index is 0. The quantitative estimate of drug-likeness (QED) is 0.0592. The molecule has 16 rings (SSSR count). The van der Waals surface area contributed by atoms with Crippen LogP contribution in [0.15, 0.2) is 291 Å². The molecule has 4 heterocycles. The van der Waals surface area contributed by atoms with E-state index in [0.29, 0.717) is 16.9 Å². The Kier molecular flexibility index (Phi) is 9.85. The molecule has 5 nitrogen and oxygen atoms in total. The van der Waals surface area contributed by atoms with Gasteiger partial charge >= 0.3 is 0 Å². The molecule has 7 heteroatoms. The number of hydrogen-bond donors (Lipinski definition) is 0. The smallest absolute Gasteiger partial charge is 0.253 e. The van der Waals surface area contributed by atoms with Crippen LogP contribution in [0, 0.1) is 12.1 Å². The predicted molar refractivity (Wildman–Crippen MR) is 402 cm³/mol. The van der Waals surface area contributed by atoms with E-state index in [0.717, 1.165) is 33.0 Å². The third-order valence-electron chi connectivity index (χ3n) is 17.8. The van der Waals surface area contributed by atoms with Crippen molar-refractivity contribution in [2.45, 2.75) is 78.6 Å². The van der Waals surface area contributed by atoms with Crippen molar-refractivity contribution in [3.63, 3.8) is 0 Å². The largest absolute Gasteiger partial charge is 0.509 e. The van der Waals surface area contributed by atoms with Gasteiger partial charge in [0, 0.05) is 66.7 Å². The van der Waals surface area contributed by atoms with E-state index in [1.54, 1.807) is 58.1 Å². The molecule has 0 atom stereocenters. The van der Waals surface area contributed by atoms with Crippen LogP contribution >= 0.6 is 0 Å². The van der Waals surface area contributed by atoms with Crippen LogP contribution < -0.4 is 30.1 Å². The van der Waals surface area contributed by atoms with Gasteiger partial charge in [-0.1, -0.05) is 292 Å². The summed E-state index contributed by atoms with van der Waals surface area (Å²) < 4.78 is 277. The second-order valence-electron chi connectivity index (χ2n) is 26.8. The van der Waals surface area contributed by atoms with Crippen LogP contribution in [0.5, 0.6) is 11.5 Å². The maximum atomic E-state index is 11.7. The summed E-state index contributed by atoms with van der Waals surface area (Å²) in [5, 5.41) is -2.54. The van der Waals surface area contributed by atoms with E-state index in [4.69, 9.17) is 17.9 Å². The number of aromatic nitrogens is 4. The van der Waals surface area contributed by atoms with Crippen LogP contribution in [0.4, 0.5) is 0 Å². The molecule has 1 aliphatic rings. The standard InChI is InChI=1S/C90H75N4OSi.Pt/c1-88(2,3)63-48-49-91-85(55-63)94-82-43-25-24-40-77(82)78-46-44-68(57-83(78)94)95-67-31-26-30-66(56-67)92-59-93-86-73(62-50-64(89(4,5)6)54-65(51-62)90(7,8)9)41-27-42-79(86)80-58-72(96(69-32-16-11-17-33-69,70-34-18-12-19-35-70)71-36-20-13-21-37-71)45-47-76(80)74-38-22-23-39-75(74)81-52-61(53-84(92)87(81)93)60-28-14-10-15-29-60;/h10-55,58-59H,1-9H3;/q-1;/i10D,11D,12D,13D,14D,15D,16D,17D,18D,19D,20D,21D,22D,23D,28D,29D,32D,33D,34D,35D,36D,37D,38D,39D,45D,47D,58D;. The summed E-state index contributed by atoms with van der Waals surface area (Å²) in [6.45, 7) is 18.4. The average Bonchev–Trinajstić information content (AvgIpc) is 0.893. The molecule has 97 heavy (non-hydrogen) atoms. The maximum absolute atomic E-state index is 11.7. The number of hydrogen-bond acceptors (Lipinski definition) is 2. The Hall–Kier alpha value is -10.2. The second-order valence-corrected chi connectivity index (χ2v) is 30.3. The van der Waals surface area contributed by atoms with Gasteiger partial charge in [0.2, 0.25) is 0 Å². The summed E-state index contributed by atoms with van der Waals surface area (Å²) in [7, 11) is -6.60. The zero-order valence-electron chi connectivity index (χ0n) is 81.1. The van der Waals surface area contributed by atoms with E-state index in [2.05, 4.69) is 39.0 Å². The molecule has 0 N–H and O–H groups in total. The first-order chi connectivity index (χ1) is 57.7. The molecule has 0 unspecified atom stereocenters. The van der Waals surface area contributed by atoms with Gasteiger partial charge in [-0.05, 0) is 128 Å². The molecule has 0 saturated heterocycles. The van der Waals surface area contributed by atoms with Crippen molar-refractivity contribution in [3.05, 3.63) is 320 Å². The Balaban J connectivity index is 0.0000119. The van der Waals surface area contributed by atoms with Crippen molar-refractivity contribution in [2.24, 2.45) is 0 Å². The zero-order chi connectivity index (χ0) is 89.2. The van der Waals surface area contributed by atoms with Crippen LogP contribution in [0.1, 0.15) is 116 Å². The van der Waals surface area contributed by atoms with Gasteiger partial charge < -0.3 is 9.30 Å². The van der Waals surface area contributed by atoms with Crippen LogP contribution in [0.3, 0.4) is 0 Å². The first kappa shape index (κ1) is 39.1. The van der Waals surface area contributed by atoms with E-state index in [-0.39, 0.29) is 88.2 Å². The number of imidazole rings is 1. The van der Waals surface area contributed by atoms with E-state index in [1.807, 2.05) is 101 Å². The number of benzene rings is 12. The number of ether oxygens (including phenoxy) is 1. The SMILES string of the molecule is [2H]c1c([2H])c([2H])c(-c2cc3c4c(c2)n(-c2[c-]c(Oc5[c-]c6c(cc5)c5ccccc5n6-c5cc(C(C)(C)C)ccn5)ccc2)c[n+]4-c2c(-c4cc(C(C)(C)C)cc(C(C)(C)C)c4)cccc2-c2c([2H])c([Si](c4c([2H])c([2H])c([2H])c([2H])c4[2H])(c4c([2H])c([2H])c([2H])c([2H])c4[2H])c4c([2H])c([2H])c([2H])c([2H])c4[2H])c([2H])c([2H])c2-c2c([2H])c([2H])c([2H])c([2H])c2-3)c([2H])c1[2H].[Pt]. The Morgan fingerprint density at radius 2 is 1.01 bits per heavy atom. The van der Waals surface area contributed by atoms with E-state index in [9.17, 15) is 28.8 Å². The van der Waals surface area contributed by atoms with Gasteiger partial charge in [-0.3, -0.25) is 0 Å². The number of pyridine rings is 1. The summed E-state index contributed by atoms with van der Waals surface area (Å²) in [6.07, 6.45) is 3.34. The Morgan fingerprint density at radius 3 is 1.66 bits per heavy atom. The van der Waals surface area contributed by atoms with Crippen LogP contribution in [-0.4, -0.2) is 22.2 Å². The van der Waals surface area contributed by atoms with Crippen molar-refractivity contribution in [1.29, 1.82) is 0 Å². The fraction of sp³-hybridized carbons (Fsp3) is 0.133. The minimum Gasteiger partial charge on any atom is -0.509 e. The molecule has 0 radical (unpaired) electrons. The van der Waals surface area contributed by atoms with Gasteiger partial charge in [0.05, 0.1) is 37.0 Å². The molecule has 0 fully saturated rings. The van der Waals surface area contributed by atoms with Crippen LogP contribution in [-0.2, 0) is 37.3 Å². The third kappa shape index (κ3) is 11.0. The Labute approximate surface area is 623 Å². The fourth-order valence-electron chi connectivity index (χ4n) is 13.0. The Morgan fingerprint density at radius 1 is 0.433 bits per heavy atom. The Bertz CT molecular complexity index is 6910. The van der Waals surface area contributed by atoms with Gasteiger partial charge in [-0.15, -0.1) is 29.7 Å². The van der Waals surface area contributed by atoms with Crippen molar-refractivity contribution < 1.29 is 67.4 Å². The summed E-state index contributed by atoms with van der Waals surface area (Å²) in [6, 6.07) is 12.9. The van der Waals surface area contributed by atoms with E-state index < -0.39 is 225 Å². The zero-order valence-corrected chi connectivity index (χ0v) is 57.4. The topological polar surface area (TPSA) is 35.9 Å². The predicted octanol–water partition coefficient (Wildman–Crippen LogP) is 19.7. The van der Waals surface area contributed by atoms with E-state index >= 15 is 0 Å². The van der Waals surface area contributed by atoms with Gasteiger partial charge in [-0.25, -0.2) is 9.55 Å². The van der Waals surface area contributed by atoms with Crippen LogP contribution in [0.25, 0.3) is 106 Å². The molecule has 476 valence electrons. The summed E-state index contributed by atoms with van der Waals surface area (Å²) in [4.78, 5) is 4.86. The van der Waals surface area contributed by atoms with Gasteiger partial charge in [0.25, 0.3) is 6.33 Å². The minimum atomic E-state index is -6.60. The monoisotopic (exact) mass is 1480 g/mol. The summed E-state index contributed by atoms with van der Waals surface area (Å²) in [5.74, 6) is 0.956. The first-order valence-corrected chi connectivity index (χ1v) is 33.3. The third-order valence-corrected chi connectivity index (χ3v) is 21.8. The van der Waals surface area contributed by atoms with Gasteiger partial charge in [0.15, 0.2) is 19.1 Å². The van der Waals surface area contributed by atoms with Crippen LogP contribution in [0.2, 0.25) is 0 Å². The molecule has 15 aromatic rings. The molecular formula is C90H75N4OPtSi-. The second kappa shape index (κ2) is 24.4. The molecular weight excluding hydrogens is 1380 g/mol. The molecule has 0 saturated carbocycles. The van der Waals surface area contributed by atoms with Crippen molar-refractivity contribution >= 4 is 61.7 Å². The number of fused-ring (bicyclic) bond motifs is 10. The first-order valence-electron chi connectivity index (χ1n) is 44.8. The van der Waals surface area contributed by atoms with Crippen molar-refractivity contribution in [1.82, 2.24) is 14.1 Å². The number of para-hydroxylation sites is 2. The molecule has 0 amide bonds.